The van der Waals surface area contributed by atoms with Gasteiger partial charge < -0.3 is 5.73 Å². The summed E-state index contributed by atoms with van der Waals surface area (Å²) in [7, 11) is 0. The molecule has 1 atom stereocenters. The third-order valence-electron chi connectivity index (χ3n) is 0.851. The second kappa shape index (κ2) is 3.41. The van der Waals surface area contributed by atoms with Gasteiger partial charge in [-0.05, 0) is 6.42 Å². The van der Waals surface area contributed by atoms with Gasteiger partial charge in [-0.2, -0.15) is 0 Å². The first-order chi connectivity index (χ1) is 3.68. The van der Waals surface area contributed by atoms with Gasteiger partial charge in [-0.3, -0.25) is 4.79 Å². The molecule has 0 aliphatic rings. The molecule has 0 saturated heterocycles. The molecule has 2 nitrogen and oxygen atoms in total. The van der Waals surface area contributed by atoms with Crippen LogP contribution in [0.4, 0.5) is 4.39 Å². The van der Waals surface area contributed by atoms with Gasteiger partial charge in [0, 0.05) is 0 Å². The summed E-state index contributed by atoms with van der Waals surface area (Å²) in [5.41, 5.74) is 4.61. The van der Waals surface area contributed by atoms with Crippen molar-refractivity contribution in [1.82, 2.24) is 0 Å². The summed E-state index contributed by atoms with van der Waals surface area (Å²) in [6, 6.07) is 0. The van der Waals surface area contributed by atoms with E-state index in [-0.39, 0.29) is 6.42 Å². The molecule has 0 bridgehead atoms. The molecular formula is C5H10FNO. The molecule has 2 N–H and O–H groups in total. The second-order valence-electron chi connectivity index (χ2n) is 1.66. The summed E-state index contributed by atoms with van der Waals surface area (Å²) in [5, 5.41) is 0. The fourth-order valence-electron chi connectivity index (χ4n) is 0.396. The maximum absolute atomic E-state index is 12.1. The minimum atomic E-state index is -1.44. The number of primary amides is 1. The van der Waals surface area contributed by atoms with Crippen molar-refractivity contribution in [2.45, 2.75) is 25.9 Å². The first-order valence-corrected chi connectivity index (χ1v) is 2.62. The van der Waals surface area contributed by atoms with Crippen LogP contribution in [0.15, 0.2) is 0 Å². The predicted octanol–water partition coefficient (Wildman–Crippen LogP) is 0.610. The quantitative estimate of drug-likeness (QED) is 0.581. The highest BCUT2D eigenvalue weighted by atomic mass is 19.1. The summed E-state index contributed by atoms with van der Waals surface area (Å²) in [6.07, 6.45) is -0.542. The Morgan fingerprint density at radius 1 is 1.88 bits per heavy atom. The van der Waals surface area contributed by atoms with E-state index in [1.165, 1.54) is 0 Å². The van der Waals surface area contributed by atoms with E-state index in [0.717, 1.165) is 0 Å². The number of hydrogen-bond donors (Lipinski definition) is 1. The molecule has 0 aliphatic heterocycles. The molecule has 0 aromatic carbocycles. The summed E-state index contributed by atoms with van der Waals surface area (Å²) in [4.78, 5) is 9.94. The van der Waals surface area contributed by atoms with Crippen LogP contribution in [0.1, 0.15) is 19.8 Å². The molecule has 0 radical (unpaired) electrons. The van der Waals surface area contributed by atoms with Gasteiger partial charge in [-0.15, -0.1) is 0 Å². The third kappa shape index (κ3) is 2.55. The number of halogens is 1. The Balaban J connectivity index is 3.32. The van der Waals surface area contributed by atoms with Crippen LogP contribution in [0, 0.1) is 0 Å². The summed E-state index contributed by atoms with van der Waals surface area (Å²) in [5.74, 6) is -0.855. The molecular weight excluding hydrogens is 109 g/mol. The Hall–Kier alpha value is -0.600. The standard InChI is InChI=1S/C5H10FNO/c1-2-3-4(6)5(7)8/h4H,2-3H2,1H3,(H2,7,8)/t4-/m0/s1. The van der Waals surface area contributed by atoms with E-state index in [9.17, 15) is 9.18 Å². The number of alkyl halides is 1. The van der Waals surface area contributed by atoms with Crippen molar-refractivity contribution in [3.05, 3.63) is 0 Å². The molecule has 8 heavy (non-hydrogen) atoms. The predicted molar refractivity (Wildman–Crippen MR) is 29.0 cm³/mol. The van der Waals surface area contributed by atoms with Crippen LogP contribution in [0.3, 0.4) is 0 Å². The molecule has 0 aromatic heterocycles. The van der Waals surface area contributed by atoms with Crippen LogP contribution in [0.25, 0.3) is 0 Å². The van der Waals surface area contributed by atoms with Gasteiger partial charge >= 0.3 is 0 Å². The summed E-state index contributed by atoms with van der Waals surface area (Å²) < 4.78 is 12.1. The maximum Gasteiger partial charge on any atom is 0.251 e. The first kappa shape index (κ1) is 7.40. The zero-order valence-electron chi connectivity index (χ0n) is 4.86. The lowest BCUT2D eigenvalue weighted by atomic mass is 10.2. The number of amides is 1. The molecule has 3 heteroatoms. The lowest BCUT2D eigenvalue weighted by molar-refractivity contribution is -0.122. The van der Waals surface area contributed by atoms with E-state index in [1.54, 1.807) is 6.92 Å². The van der Waals surface area contributed by atoms with E-state index in [1.807, 2.05) is 0 Å². The van der Waals surface area contributed by atoms with Crippen molar-refractivity contribution in [2.75, 3.05) is 0 Å². The Bertz CT molecular complexity index is 84.5. The molecule has 0 saturated carbocycles. The van der Waals surface area contributed by atoms with Crippen LogP contribution in [-0.2, 0) is 4.79 Å². The van der Waals surface area contributed by atoms with E-state index in [2.05, 4.69) is 5.73 Å². The van der Waals surface area contributed by atoms with Gasteiger partial charge in [-0.25, -0.2) is 4.39 Å². The van der Waals surface area contributed by atoms with Crippen molar-refractivity contribution >= 4 is 5.91 Å². The average molecular weight is 119 g/mol. The van der Waals surface area contributed by atoms with Crippen LogP contribution >= 0.6 is 0 Å². The molecule has 0 heterocycles. The van der Waals surface area contributed by atoms with Crippen LogP contribution < -0.4 is 5.73 Å². The van der Waals surface area contributed by atoms with E-state index in [0.29, 0.717) is 6.42 Å². The van der Waals surface area contributed by atoms with Gasteiger partial charge in [0.15, 0.2) is 6.17 Å². The Kier molecular flexibility index (Phi) is 3.15. The first-order valence-electron chi connectivity index (χ1n) is 2.62. The van der Waals surface area contributed by atoms with Gasteiger partial charge in [-0.1, -0.05) is 13.3 Å². The zero-order valence-corrected chi connectivity index (χ0v) is 4.86. The Morgan fingerprint density at radius 2 is 2.38 bits per heavy atom. The van der Waals surface area contributed by atoms with Crippen molar-refractivity contribution in [3.63, 3.8) is 0 Å². The summed E-state index contributed by atoms with van der Waals surface area (Å²) >= 11 is 0. The maximum atomic E-state index is 12.1. The Labute approximate surface area is 47.9 Å². The normalized spacial score (nSPS) is 13.2. The monoisotopic (exact) mass is 119 g/mol. The molecule has 1 amide bonds. The molecule has 0 fully saturated rings. The smallest absolute Gasteiger partial charge is 0.251 e. The van der Waals surface area contributed by atoms with Crippen molar-refractivity contribution in [1.29, 1.82) is 0 Å². The fourth-order valence-corrected chi connectivity index (χ4v) is 0.396. The average Bonchev–Trinajstić information content (AvgIpc) is 1.67. The highest BCUT2D eigenvalue weighted by molar-refractivity contribution is 5.78. The molecule has 0 spiro atoms. The fraction of sp³-hybridized carbons (Fsp3) is 0.800. The molecule has 0 aliphatic carbocycles. The van der Waals surface area contributed by atoms with E-state index < -0.39 is 12.1 Å². The molecule has 0 unspecified atom stereocenters. The molecule has 48 valence electrons. The molecule has 0 aromatic rings. The van der Waals surface area contributed by atoms with Crippen molar-refractivity contribution < 1.29 is 9.18 Å². The zero-order chi connectivity index (χ0) is 6.57. The van der Waals surface area contributed by atoms with Crippen molar-refractivity contribution in [3.8, 4) is 0 Å². The second-order valence-corrected chi connectivity index (χ2v) is 1.66. The van der Waals surface area contributed by atoms with Gasteiger partial charge in [0.1, 0.15) is 0 Å². The third-order valence-corrected chi connectivity index (χ3v) is 0.851. The SMILES string of the molecule is CCC[C@H](F)C(N)=O. The van der Waals surface area contributed by atoms with E-state index >= 15 is 0 Å². The highest BCUT2D eigenvalue weighted by Gasteiger charge is 2.09. The van der Waals surface area contributed by atoms with Crippen molar-refractivity contribution in [2.24, 2.45) is 5.73 Å². The number of nitrogens with two attached hydrogens (primary N) is 1. The highest BCUT2D eigenvalue weighted by Crippen LogP contribution is 1.98. The van der Waals surface area contributed by atoms with Crippen LogP contribution in [0.2, 0.25) is 0 Å². The minimum absolute atomic E-state index is 0.245. The molecule has 0 rings (SSSR count). The number of carbonyl (C=O) groups excluding carboxylic acids is 1. The van der Waals surface area contributed by atoms with Crippen LogP contribution in [-0.4, -0.2) is 12.1 Å². The van der Waals surface area contributed by atoms with E-state index in [4.69, 9.17) is 0 Å². The lowest BCUT2D eigenvalue weighted by Crippen LogP contribution is -2.23. The summed E-state index contributed by atoms with van der Waals surface area (Å²) in [6.45, 7) is 1.80. The number of carbonyl (C=O) groups is 1. The van der Waals surface area contributed by atoms with Crippen LogP contribution in [0.5, 0.6) is 0 Å². The lowest BCUT2D eigenvalue weighted by Gasteiger charge is -1.97. The van der Waals surface area contributed by atoms with Gasteiger partial charge in [0.25, 0.3) is 5.91 Å². The topological polar surface area (TPSA) is 43.1 Å². The minimum Gasteiger partial charge on any atom is -0.367 e. The largest absolute Gasteiger partial charge is 0.367 e. The van der Waals surface area contributed by atoms with Gasteiger partial charge in [0.05, 0.1) is 0 Å². The number of hydrogen-bond acceptors (Lipinski definition) is 1. The Morgan fingerprint density at radius 3 is 2.50 bits per heavy atom. The number of rotatable bonds is 3. The van der Waals surface area contributed by atoms with Gasteiger partial charge in [0.2, 0.25) is 0 Å².